The van der Waals surface area contributed by atoms with Crippen molar-refractivity contribution in [2.75, 3.05) is 32.7 Å². The summed E-state index contributed by atoms with van der Waals surface area (Å²) in [4.78, 5) is 15.1. The van der Waals surface area contributed by atoms with Gasteiger partial charge in [-0.2, -0.15) is 0 Å². The Balaban J connectivity index is 1.26. The Hall–Kier alpha value is -2.53. The molecule has 2 saturated heterocycles. The van der Waals surface area contributed by atoms with Crippen LogP contribution in [0, 0.1) is 0 Å². The van der Waals surface area contributed by atoms with Crippen LogP contribution < -0.4 is 0 Å². The maximum atomic E-state index is 12.6. The highest BCUT2D eigenvalue weighted by atomic mass is 16.6. The summed E-state index contributed by atoms with van der Waals surface area (Å²) in [5, 5.41) is 10.6. The Morgan fingerprint density at radius 3 is 2.03 bits per heavy atom. The Morgan fingerprint density at radius 2 is 1.42 bits per heavy atom. The van der Waals surface area contributed by atoms with Gasteiger partial charge in [-0.1, -0.05) is 66.3 Å². The first kappa shape index (κ1) is 22.3. The SMILES string of the molecule is O=C(CCCN1CCC(=C2c3ccccc3C=Cc3ccccc32)CC1)[N+]1(O)CCCCC1. The molecule has 1 aliphatic carbocycles. The summed E-state index contributed by atoms with van der Waals surface area (Å²) in [6.07, 6.45) is 11.0. The molecule has 3 aliphatic rings. The number of benzene rings is 2. The molecule has 0 atom stereocenters. The van der Waals surface area contributed by atoms with Crippen LogP contribution in [0.1, 0.15) is 67.2 Å². The summed E-state index contributed by atoms with van der Waals surface area (Å²) in [7, 11) is 0. The third-order valence-electron chi connectivity index (χ3n) is 7.60. The minimum atomic E-state index is -0.330. The van der Waals surface area contributed by atoms with Crippen LogP contribution >= 0.6 is 0 Å². The topological polar surface area (TPSA) is 40.5 Å². The number of likely N-dealkylation sites (tertiary alicyclic amines) is 2. The summed E-state index contributed by atoms with van der Waals surface area (Å²) >= 11 is 0. The van der Waals surface area contributed by atoms with E-state index in [2.05, 4.69) is 65.6 Å². The van der Waals surface area contributed by atoms with E-state index < -0.39 is 0 Å². The zero-order valence-electron chi connectivity index (χ0n) is 19.5. The molecule has 2 heterocycles. The molecule has 1 amide bonds. The van der Waals surface area contributed by atoms with E-state index in [0.29, 0.717) is 19.5 Å². The molecule has 1 N–H and O–H groups in total. The van der Waals surface area contributed by atoms with Gasteiger partial charge in [0.1, 0.15) is 13.1 Å². The highest BCUT2D eigenvalue weighted by Gasteiger charge is 2.36. The van der Waals surface area contributed by atoms with Crippen LogP contribution in [0.2, 0.25) is 0 Å². The summed E-state index contributed by atoms with van der Waals surface area (Å²) in [5.74, 6) is 0.00804. The number of hydrogen-bond donors (Lipinski definition) is 1. The van der Waals surface area contributed by atoms with Crippen LogP contribution in [-0.4, -0.2) is 53.4 Å². The van der Waals surface area contributed by atoms with E-state index in [-0.39, 0.29) is 10.6 Å². The van der Waals surface area contributed by atoms with Crippen molar-refractivity contribution in [2.24, 2.45) is 0 Å². The van der Waals surface area contributed by atoms with Crippen LogP contribution in [0.25, 0.3) is 17.7 Å². The number of fused-ring (bicyclic) bond motifs is 2. The molecule has 0 bridgehead atoms. The first-order valence-electron chi connectivity index (χ1n) is 12.6. The van der Waals surface area contributed by atoms with Crippen LogP contribution in [0.3, 0.4) is 0 Å². The highest BCUT2D eigenvalue weighted by molar-refractivity contribution is 5.94. The van der Waals surface area contributed by atoms with E-state index in [1.807, 2.05) is 0 Å². The van der Waals surface area contributed by atoms with Crippen LogP contribution in [0.5, 0.6) is 0 Å². The van der Waals surface area contributed by atoms with E-state index in [1.165, 1.54) is 27.8 Å². The van der Waals surface area contributed by atoms with Crippen molar-refractivity contribution in [1.29, 1.82) is 0 Å². The number of hydrogen-bond acceptors (Lipinski definition) is 3. The van der Waals surface area contributed by atoms with Crippen molar-refractivity contribution in [3.05, 3.63) is 76.4 Å². The van der Waals surface area contributed by atoms with Gasteiger partial charge in [0.2, 0.25) is 0 Å². The number of quaternary nitrogens is 1. The van der Waals surface area contributed by atoms with E-state index in [1.54, 1.807) is 5.57 Å². The molecule has 2 aliphatic heterocycles. The molecule has 0 aromatic heterocycles. The second-order valence-electron chi connectivity index (χ2n) is 9.76. The van der Waals surface area contributed by atoms with Crippen molar-refractivity contribution < 1.29 is 14.6 Å². The van der Waals surface area contributed by atoms with Gasteiger partial charge in [0.25, 0.3) is 0 Å². The number of piperidine rings is 2. The Labute approximate surface area is 197 Å². The number of nitrogens with zero attached hydrogens (tertiary/aromatic N) is 2. The molecule has 2 aromatic rings. The number of hydroxylamine groups is 3. The maximum Gasteiger partial charge on any atom is 0.345 e. The molecule has 2 fully saturated rings. The molecule has 172 valence electrons. The van der Waals surface area contributed by atoms with Gasteiger partial charge in [-0.15, -0.1) is 4.65 Å². The van der Waals surface area contributed by atoms with Crippen LogP contribution in [0.4, 0.5) is 0 Å². The molecular formula is C29H35N2O2+. The molecule has 4 nitrogen and oxygen atoms in total. The Kier molecular flexibility index (Phi) is 6.59. The summed E-state index contributed by atoms with van der Waals surface area (Å²) in [6, 6.07) is 17.5. The van der Waals surface area contributed by atoms with Gasteiger partial charge in [-0.05, 0) is 60.1 Å². The van der Waals surface area contributed by atoms with Crippen LogP contribution in [0.15, 0.2) is 54.1 Å². The summed E-state index contributed by atoms with van der Waals surface area (Å²) in [5.41, 5.74) is 8.21. The van der Waals surface area contributed by atoms with E-state index >= 15 is 0 Å². The number of rotatable bonds is 4. The van der Waals surface area contributed by atoms with E-state index in [0.717, 1.165) is 58.2 Å². The van der Waals surface area contributed by atoms with E-state index in [9.17, 15) is 10.0 Å². The average Bonchev–Trinajstić information content (AvgIpc) is 3.02. The smallest absolute Gasteiger partial charge is 0.303 e. The van der Waals surface area contributed by atoms with Gasteiger partial charge in [-0.25, -0.2) is 10.0 Å². The number of carbonyl (C=O) groups excluding carboxylic acids is 1. The molecular weight excluding hydrogens is 408 g/mol. The van der Waals surface area contributed by atoms with Gasteiger partial charge in [-0.3, -0.25) is 0 Å². The second-order valence-corrected chi connectivity index (χ2v) is 9.76. The minimum absolute atomic E-state index is 0.00804. The fourth-order valence-electron chi connectivity index (χ4n) is 5.69. The molecule has 5 rings (SSSR count). The quantitative estimate of drug-likeness (QED) is 0.411. The zero-order chi connectivity index (χ0) is 22.7. The lowest BCUT2D eigenvalue weighted by Gasteiger charge is -2.32. The largest absolute Gasteiger partial charge is 0.345 e. The predicted molar refractivity (Wildman–Crippen MR) is 133 cm³/mol. The number of amides is 1. The molecule has 0 unspecified atom stereocenters. The van der Waals surface area contributed by atoms with Gasteiger partial charge >= 0.3 is 5.91 Å². The fraction of sp³-hybridized carbons (Fsp3) is 0.414. The lowest BCUT2D eigenvalue weighted by Crippen LogP contribution is -2.53. The van der Waals surface area contributed by atoms with E-state index in [4.69, 9.17) is 0 Å². The normalized spacial score (nSPS) is 20.2. The molecule has 0 spiro atoms. The van der Waals surface area contributed by atoms with Gasteiger partial charge in [0.15, 0.2) is 0 Å². The fourth-order valence-corrected chi connectivity index (χ4v) is 5.69. The summed E-state index contributed by atoms with van der Waals surface area (Å²) < 4.78 is -0.330. The lowest BCUT2D eigenvalue weighted by molar-refractivity contribution is -1.04. The molecule has 0 radical (unpaired) electrons. The van der Waals surface area contributed by atoms with Crippen LogP contribution in [-0.2, 0) is 4.79 Å². The second kappa shape index (κ2) is 9.76. The lowest BCUT2D eigenvalue weighted by atomic mass is 9.86. The standard InChI is InChI=1S/C29H35N2O2/c32-28(31(33)21-6-1-7-22-31)13-8-18-30-19-16-25(17-20-30)29-26-11-4-2-9-23(26)14-15-24-10-3-5-12-27(24)29/h2-5,9-12,14-15,33H,1,6-8,13,16-22H2/q+1. The zero-order valence-corrected chi connectivity index (χ0v) is 19.5. The molecule has 33 heavy (non-hydrogen) atoms. The third kappa shape index (κ3) is 4.74. The Bertz CT molecular complexity index is 1020. The first-order chi connectivity index (χ1) is 16.1. The van der Waals surface area contributed by atoms with Crippen molar-refractivity contribution in [3.63, 3.8) is 0 Å². The minimum Gasteiger partial charge on any atom is -0.303 e. The first-order valence-corrected chi connectivity index (χ1v) is 12.6. The predicted octanol–water partition coefficient (Wildman–Crippen LogP) is 5.76. The molecule has 0 saturated carbocycles. The third-order valence-corrected chi connectivity index (χ3v) is 7.60. The molecule has 2 aromatic carbocycles. The highest BCUT2D eigenvalue weighted by Crippen LogP contribution is 2.38. The van der Waals surface area contributed by atoms with Crippen molar-refractivity contribution in [1.82, 2.24) is 4.90 Å². The van der Waals surface area contributed by atoms with Gasteiger partial charge in [0, 0.05) is 25.9 Å². The summed E-state index contributed by atoms with van der Waals surface area (Å²) in [6.45, 7) is 4.19. The molecule has 4 heteroatoms. The van der Waals surface area contributed by atoms with Gasteiger partial charge < -0.3 is 4.90 Å². The van der Waals surface area contributed by atoms with Gasteiger partial charge in [0.05, 0.1) is 6.42 Å². The maximum absolute atomic E-state index is 12.6. The number of carbonyl (C=O) groups is 1. The van der Waals surface area contributed by atoms with Crippen molar-refractivity contribution in [2.45, 2.75) is 44.9 Å². The van der Waals surface area contributed by atoms with Crippen molar-refractivity contribution in [3.8, 4) is 0 Å². The monoisotopic (exact) mass is 443 g/mol. The average molecular weight is 444 g/mol. The Morgan fingerprint density at radius 1 is 0.848 bits per heavy atom. The van der Waals surface area contributed by atoms with Crippen molar-refractivity contribution >= 4 is 23.6 Å².